The number of hydrogen-bond donors (Lipinski definition) is 0. The van der Waals surface area contributed by atoms with Crippen molar-refractivity contribution in [2.75, 3.05) is 39.2 Å². The lowest BCUT2D eigenvalue weighted by molar-refractivity contribution is -0.132. The molecule has 0 bridgehead atoms. The van der Waals surface area contributed by atoms with E-state index in [9.17, 15) is 9.59 Å². The number of ether oxygens (including phenoxy) is 2. The van der Waals surface area contributed by atoms with Gasteiger partial charge in [0.15, 0.2) is 5.16 Å². The molecule has 156 valence electrons. The highest BCUT2D eigenvalue weighted by Gasteiger charge is 2.20. The van der Waals surface area contributed by atoms with Gasteiger partial charge in [0.1, 0.15) is 5.75 Å². The molecule has 0 atom stereocenters. The molecule has 1 amide bonds. The number of aromatic nitrogens is 2. The molecular formula is C21H20ClN3O4S. The summed E-state index contributed by atoms with van der Waals surface area (Å²) in [6, 6.07) is 12.3. The predicted molar refractivity (Wildman–Crippen MR) is 117 cm³/mol. The molecule has 0 unspecified atom stereocenters. The second-order valence-electron chi connectivity index (χ2n) is 6.65. The van der Waals surface area contributed by atoms with Crippen LogP contribution >= 0.6 is 23.4 Å². The maximum Gasteiger partial charge on any atom is 0.266 e. The molecule has 0 spiro atoms. The van der Waals surface area contributed by atoms with Crippen molar-refractivity contribution < 1.29 is 14.3 Å². The molecule has 4 rings (SSSR count). The summed E-state index contributed by atoms with van der Waals surface area (Å²) in [5, 5.41) is 1.31. The molecular weight excluding hydrogens is 426 g/mol. The number of thioether (sulfide) groups is 1. The van der Waals surface area contributed by atoms with Gasteiger partial charge < -0.3 is 14.4 Å². The number of para-hydroxylation sites is 1. The summed E-state index contributed by atoms with van der Waals surface area (Å²) in [5.41, 5.74) is 0.924. The first-order valence-corrected chi connectivity index (χ1v) is 10.8. The Labute approximate surface area is 182 Å². The SMILES string of the molecule is COc1ccc(-n2c(SCC(=O)N3CCOCC3)nc3ccccc3c2=O)cc1Cl. The fraction of sp³-hybridized carbons (Fsp3) is 0.286. The van der Waals surface area contributed by atoms with Gasteiger partial charge in [0.05, 0.1) is 47.7 Å². The normalized spacial score (nSPS) is 14.1. The summed E-state index contributed by atoms with van der Waals surface area (Å²) < 4.78 is 12.0. The average Bonchev–Trinajstić information content (AvgIpc) is 2.78. The van der Waals surface area contributed by atoms with E-state index in [-0.39, 0.29) is 17.2 Å². The first-order chi connectivity index (χ1) is 14.6. The maximum atomic E-state index is 13.3. The monoisotopic (exact) mass is 445 g/mol. The van der Waals surface area contributed by atoms with Crippen molar-refractivity contribution in [1.82, 2.24) is 14.5 Å². The fourth-order valence-corrected chi connectivity index (χ4v) is 4.43. The highest BCUT2D eigenvalue weighted by Crippen LogP contribution is 2.28. The number of carbonyl (C=O) groups is 1. The van der Waals surface area contributed by atoms with Crippen molar-refractivity contribution >= 4 is 40.2 Å². The zero-order valence-electron chi connectivity index (χ0n) is 16.3. The maximum absolute atomic E-state index is 13.3. The van der Waals surface area contributed by atoms with Gasteiger partial charge in [-0.25, -0.2) is 4.98 Å². The molecule has 0 saturated carbocycles. The molecule has 1 aliphatic heterocycles. The zero-order valence-corrected chi connectivity index (χ0v) is 17.9. The second-order valence-corrected chi connectivity index (χ2v) is 8.00. The largest absolute Gasteiger partial charge is 0.495 e. The number of rotatable bonds is 5. The van der Waals surface area contributed by atoms with Crippen molar-refractivity contribution in [3.8, 4) is 11.4 Å². The lowest BCUT2D eigenvalue weighted by Crippen LogP contribution is -2.41. The van der Waals surface area contributed by atoms with Crippen molar-refractivity contribution in [3.63, 3.8) is 0 Å². The standard InChI is InChI=1S/C21H20ClN3O4S/c1-28-18-7-6-14(12-16(18)22)25-20(27)15-4-2-3-5-17(15)23-21(25)30-13-19(26)24-8-10-29-11-9-24/h2-7,12H,8-11,13H2,1H3. The van der Waals surface area contributed by atoms with Crippen LogP contribution in [0.15, 0.2) is 52.4 Å². The van der Waals surface area contributed by atoms with Gasteiger partial charge in [-0.3, -0.25) is 14.2 Å². The minimum absolute atomic E-state index is 0.00924. The van der Waals surface area contributed by atoms with E-state index in [1.807, 2.05) is 6.07 Å². The van der Waals surface area contributed by atoms with E-state index >= 15 is 0 Å². The smallest absolute Gasteiger partial charge is 0.266 e. The number of morpholine rings is 1. The molecule has 0 aliphatic carbocycles. The molecule has 2 aromatic carbocycles. The van der Waals surface area contributed by atoms with Crippen LogP contribution in [0.3, 0.4) is 0 Å². The third-order valence-corrected chi connectivity index (χ3v) is 6.05. The van der Waals surface area contributed by atoms with Gasteiger partial charge in [-0.15, -0.1) is 0 Å². The van der Waals surface area contributed by atoms with Gasteiger partial charge in [-0.05, 0) is 30.3 Å². The first kappa shape index (κ1) is 20.7. The van der Waals surface area contributed by atoms with Gasteiger partial charge in [-0.1, -0.05) is 35.5 Å². The number of methoxy groups -OCH3 is 1. The van der Waals surface area contributed by atoms with Gasteiger partial charge in [0.2, 0.25) is 5.91 Å². The molecule has 9 heteroatoms. The third-order valence-electron chi connectivity index (χ3n) is 4.83. The van der Waals surface area contributed by atoms with Crippen LogP contribution in [0, 0.1) is 0 Å². The van der Waals surface area contributed by atoms with Crippen LogP contribution in [0.25, 0.3) is 16.6 Å². The molecule has 1 saturated heterocycles. The number of carbonyl (C=O) groups excluding carboxylic acids is 1. The van der Waals surface area contributed by atoms with Gasteiger partial charge in [0.25, 0.3) is 5.56 Å². The number of hydrogen-bond acceptors (Lipinski definition) is 6. The van der Waals surface area contributed by atoms with E-state index in [1.165, 1.54) is 23.4 Å². The second kappa shape index (κ2) is 9.07. The number of halogens is 1. The van der Waals surface area contributed by atoms with E-state index < -0.39 is 0 Å². The highest BCUT2D eigenvalue weighted by atomic mass is 35.5. The molecule has 0 N–H and O–H groups in total. The average molecular weight is 446 g/mol. The minimum Gasteiger partial charge on any atom is -0.495 e. The minimum atomic E-state index is -0.219. The first-order valence-electron chi connectivity index (χ1n) is 9.42. The Morgan fingerprint density at radius 1 is 1.23 bits per heavy atom. The lowest BCUT2D eigenvalue weighted by Gasteiger charge is -2.26. The lowest BCUT2D eigenvalue weighted by atomic mass is 10.2. The van der Waals surface area contributed by atoms with E-state index in [0.29, 0.717) is 58.8 Å². The van der Waals surface area contributed by atoms with Crippen LogP contribution in [0.2, 0.25) is 5.02 Å². The van der Waals surface area contributed by atoms with Crippen molar-refractivity contribution in [3.05, 3.63) is 57.8 Å². The molecule has 2 heterocycles. The van der Waals surface area contributed by atoms with Crippen LogP contribution < -0.4 is 10.3 Å². The van der Waals surface area contributed by atoms with Gasteiger partial charge >= 0.3 is 0 Å². The Kier molecular flexibility index (Phi) is 6.26. The van der Waals surface area contributed by atoms with Crippen molar-refractivity contribution in [2.45, 2.75) is 5.16 Å². The molecule has 1 fully saturated rings. The Morgan fingerprint density at radius 3 is 2.73 bits per heavy atom. The third kappa shape index (κ3) is 4.16. The Bertz CT molecular complexity index is 1140. The summed E-state index contributed by atoms with van der Waals surface area (Å²) in [4.78, 5) is 32.3. The van der Waals surface area contributed by atoms with Crippen LogP contribution in [0.5, 0.6) is 5.75 Å². The Morgan fingerprint density at radius 2 is 2.00 bits per heavy atom. The summed E-state index contributed by atoms with van der Waals surface area (Å²) >= 11 is 7.53. The van der Waals surface area contributed by atoms with Gasteiger partial charge in [0, 0.05) is 13.1 Å². The summed E-state index contributed by atoms with van der Waals surface area (Å²) in [6.07, 6.45) is 0. The predicted octanol–water partition coefficient (Wildman–Crippen LogP) is 3.00. The van der Waals surface area contributed by atoms with Crippen LogP contribution in [0.4, 0.5) is 0 Å². The summed E-state index contributed by atoms with van der Waals surface area (Å²) in [6.45, 7) is 2.23. The Hall–Kier alpha value is -2.55. The van der Waals surface area contributed by atoms with E-state index in [2.05, 4.69) is 4.98 Å². The summed E-state index contributed by atoms with van der Waals surface area (Å²) in [5.74, 6) is 0.679. The fourth-order valence-electron chi connectivity index (χ4n) is 3.26. The van der Waals surface area contributed by atoms with E-state index in [4.69, 9.17) is 21.1 Å². The van der Waals surface area contributed by atoms with E-state index in [1.54, 1.807) is 41.3 Å². The molecule has 7 nitrogen and oxygen atoms in total. The van der Waals surface area contributed by atoms with Crippen LogP contribution in [-0.4, -0.2) is 59.5 Å². The number of benzene rings is 2. The molecule has 30 heavy (non-hydrogen) atoms. The van der Waals surface area contributed by atoms with Crippen molar-refractivity contribution in [1.29, 1.82) is 0 Å². The van der Waals surface area contributed by atoms with E-state index in [0.717, 1.165) is 0 Å². The van der Waals surface area contributed by atoms with Crippen molar-refractivity contribution in [2.24, 2.45) is 0 Å². The topological polar surface area (TPSA) is 73.7 Å². The number of nitrogens with zero attached hydrogens (tertiary/aromatic N) is 3. The number of amides is 1. The Balaban J connectivity index is 1.74. The van der Waals surface area contributed by atoms with Gasteiger partial charge in [-0.2, -0.15) is 0 Å². The molecule has 1 aliphatic rings. The summed E-state index contributed by atoms with van der Waals surface area (Å²) in [7, 11) is 1.53. The molecule has 0 radical (unpaired) electrons. The molecule has 1 aromatic heterocycles. The highest BCUT2D eigenvalue weighted by molar-refractivity contribution is 7.99. The van der Waals surface area contributed by atoms with Crippen LogP contribution in [-0.2, 0) is 9.53 Å². The number of fused-ring (bicyclic) bond motifs is 1. The molecule has 3 aromatic rings. The quantitative estimate of drug-likeness (QED) is 0.444. The zero-order chi connectivity index (χ0) is 21.1. The van der Waals surface area contributed by atoms with Crippen LogP contribution in [0.1, 0.15) is 0 Å².